The number of para-hydroxylation sites is 1. The van der Waals surface area contributed by atoms with Gasteiger partial charge >= 0.3 is 0 Å². The van der Waals surface area contributed by atoms with Crippen molar-refractivity contribution in [3.63, 3.8) is 0 Å². The Morgan fingerprint density at radius 2 is 1.94 bits per heavy atom. The Kier molecular flexibility index (Phi) is 6.27. The molecular weight excluding hydrogens is 438 g/mol. The summed E-state index contributed by atoms with van der Waals surface area (Å²) >= 11 is 6.11. The monoisotopic (exact) mass is 461 g/mol. The van der Waals surface area contributed by atoms with Gasteiger partial charge in [0.05, 0.1) is 21.1 Å². The third kappa shape index (κ3) is 4.44. The Labute approximate surface area is 186 Å². The maximum atomic E-state index is 13.1. The van der Waals surface area contributed by atoms with Crippen LogP contribution in [0.25, 0.3) is 11.0 Å². The minimum Gasteiger partial charge on any atom is -0.325 e. The summed E-state index contributed by atoms with van der Waals surface area (Å²) in [7, 11) is -3.67. The van der Waals surface area contributed by atoms with Gasteiger partial charge in [0.1, 0.15) is 5.52 Å². The lowest BCUT2D eigenvalue weighted by Gasteiger charge is -2.30. The first-order chi connectivity index (χ1) is 14.9. The average Bonchev–Trinajstić information content (AvgIpc) is 3.18. The SMILES string of the molecule is CCCn1nnc2cc(S(=O)(=O)N3CCC(C(=O)Nc4ccccc4Cl)CC3)ccc21. The number of hydrogen-bond acceptors (Lipinski definition) is 5. The zero-order valence-electron chi connectivity index (χ0n) is 17.2. The van der Waals surface area contributed by atoms with Crippen molar-refractivity contribution >= 4 is 44.3 Å². The third-order valence-corrected chi connectivity index (χ3v) is 7.74. The van der Waals surface area contributed by atoms with Crippen molar-refractivity contribution in [3.05, 3.63) is 47.5 Å². The van der Waals surface area contributed by atoms with Crippen molar-refractivity contribution in [1.29, 1.82) is 0 Å². The standard InChI is InChI=1S/C21H24ClN5O3S/c1-2-11-27-20-8-7-16(14-19(20)24-25-27)31(29,30)26-12-9-15(10-13-26)21(28)23-18-6-4-3-5-17(18)22/h3-8,14-15H,2,9-13H2,1H3,(H,23,28). The molecule has 0 unspecified atom stereocenters. The van der Waals surface area contributed by atoms with Gasteiger partial charge in [0.2, 0.25) is 15.9 Å². The van der Waals surface area contributed by atoms with Crippen LogP contribution in [0.4, 0.5) is 5.69 Å². The lowest BCUT2D eigenvalue weighted by atomic mass is 9.97. The van der Waals surface area contributed by atoms with E-state index in [1.807, 2.05) is 6.92 Å². The van der Waals surface area contributed by atoms with E-state index in [1.54, 1.807) is 47.1 Å². The van der Waals surface area contributed by atoms with Crippen LogP contribution >= 0.6 is 11.6 Å². The Hall–Kier alpha value is -2.49. The molecule has 3 aromatic rings. The number of sulfonamides is 1. The summed E-state index contributed by atoms with van der Waals surface area (Å²) < 4.78 is 29.5. The number of aromatic nitrogens is 3. The normalized spacial score (nSPS) is 15.9. The summed E-state index contributed by atoms with van der Waals surface area (Å²) in [5.41, 5.74) is 1.94. The van der Waals surface area contributed by atoms with Crippen molar-refractivity contribution in [3.8, 4) is 0 Å². The van der Waals surface area contributed by atoms with E-state index in [-0.39, 0.29) is 29.8 Å². The molecule has 0 aliphatic carbocycles. The summed E-state index contributed by atoms with van der Waals surface area (Å²) in [6.07, 6.45) is 1.81. The molecule has 1 amide bonds. The number of hydrogen-bond donors (Lipinski definition) is 1. The van der Waals surface area contributed by atoms with Crippen molar-refractivity contribution in [2.75, 3.05) is 18.4 Å². The molecule has 1 aliphatic rings. The number of anilines is 1. The van der Waals surface area contributed by atoms with Crippen molar-refractivity contribution in [2.45, 2.75) is 37.6 Å². The zero-order chi connectivity index (χ0) is 22.0. The highest BCUT2D eigenvalue weighted by Gasteiger charge is 2.32. The fourth-order valence-electron chi connectivity index (χ4n) is 3.79. The lowest BCUT2D eigenvalue weighted by Crippen LogP contribution is -2.41. The van der Waals surface area contributed by atoms with E-state index in [9.17, 15) is 13.2 Å². The highest BCUT2D eigenvalue weighted by atomic mass is 35.5. The van der Waals surface area contributed by atoms with Crippen LogP contribution in [0.15, 0.2) is 47.4 Å². The molecule has 0 bridgehead atoms. The van der Waals surface area contributed by atoms with E-state index in [0.717, 1.165) is 18.5 Å². The van der Waals surface area contributed by atoms with E-state index < -0.39 is 10.0 Å². The van der Waals surface area contributed by atoms with Gasteiger partial charge in [0, 0.05) is 25.6 Å². The molecule has 1 aliphatic heterocycles. The van der Waals surface area contributed by atoms with Gasteiger partial charge in [0.25, 0.3) is 0 Å². The van der Waals surface area contributed by atoms with Crippen molar-refractivity contribution in [2.24, 2.45) is 5.92 Å². The number of fused-ring (bicyclic) bond motifs is 1. The molecule has 10 heteroatoms. The van der Waals surface area contributed by atoms with Gasteiger partial charge in [-0.25, -0.2) is 13.1 Å². The topological polar surface area (TPSA) is 97.2 Å². The van der Waals surface area contributed by atoms with Crippen LogP contribution in [0.2, 0.25) is 5.02 Å². The maximum absolute atomic E-state index is 13.1. The predicted molar refractivity (Wildman–Crippen MR) is 119 cm³/mol. The Balaban J connectivity index is 1.43. The van der Waals surface area contributed by atoms with Crippen LogP contribution < -0.4 is 5.32 Å². The number of benzene rings is 2. The van der Waals surface area contributed by atoms with Crippen LogP contribution in [-0.4, -0.2) is 46.7 Å². The number of carbonyl (C=O) groups is 1. The molecular formula is C21H24ClN5O3S. The predicted octanol–water partition coefficient (Wildman–Crippen LogP) is 3.53. The molecule has 4 rings (SSSR count). The van der Waals surface area contributed by atoms with Crippen molar-refractivity contribution in [1.82, 2.24) is 19.3 Å². The second-order valence-electron chi connectivity index (χ2n) is 7.61. The van der Waals surface area contributed by atoms with Gasteiger partial charge in [-0.1, -0.05) is 35.9 Å². The van der Waals surface area contributed by atoms with Gasteiger partial charge in [0.15, 0.2) is 0 Å². The molecule has 8 nitrogen and oxygen atoms in total. The van der Waals surface area contributed by atoms with Crippen molar-refractivity contribution < 1.29 is 13.2 Å². The number of amides is 1. The quantitative estimate of drug-likeness (QED) is 0.605. The van der Waals surface area contributed by atoms with Crippen LogP contribution in [0, 0.1) is 5.92 Å². The third-order valence-electron chi connectivity index (χ3n) is 5.52. The molecule has 0 radical (unpaired) electrons. The Morgan fingerprint density at radius 1 is 1.19 bits per heavy atom. The number of carbonyl (C=O) groups excluding carboxylic acids is 1. The van der Waals surface area contributed by atoms with Crippen LogP contribution in [-0.2, 0) is 21.4 Å². The number of halogens is 1. The van der Waals surface area contributed by atoms with Gasteiger partial charge in [-0.3, -0.25) is 4.79 Å². The summed E-state index contributed by atoms with van der Waals surface area (Å²) in [6, 6.07) is 12.0. The van der Waals surface area contributed by atoms with Crippen LogP contribution in [0.1, 0.15) is 26.2 Å². The first-order valence-corrected chi connectivity index (χ1v) is 12.1. The van der Waals surface area contributed by atoms with E-state index in [1.165, 1.54) is 4.31 Å². The maximum Gasteiger partial charge on any atom is 0.243 e. The first kappa shape index (κ1) is 21.7. The second kappa shape index (κ2) is 8.94. The number of piperidine rings is 1. The zero-order valence-corrected chi connectivity index (χ0v) is 18.7. The molecule has 1 N–H and O–H groups in total. The fourth-order valence-corrected chi connectivity index (χ4v) is 5.47. The molecule has 0 saturated carbocycles. The van der Waals surface area contributed by atoms with Crippen LogP contribution in [0.3, 0.4) is 0 Å². The van der Waals surface area contributed by atoms with Gasteiger partial charge < -0.3 is 5.32 Å². The first-order valence-electron chi connectivity index (χ1n) is 10.3. The summed E-state index contributed by atoms with van der Waals surface area (Å²) in [6.45, 7) is 3.34. The summed E-state index contributed by atoms with van der Waals surface area (Å²) in [5, 5.41) is 11.5. The molecule has 1 aromatic heterocycles. The number of rotatable bonds is 6. The fraction of sp³-hybridized carbons (Fsp3) is 0.381. The molecule has 31 heavy (non-hydrogen) atoms. The summed E-state index contributed by atoms with van der Waals surface area (Å²) in [4.78, 5) is 12.8. The number of nitrogens with zero attached hydrogens (tertiary/aromatic N) is 4. The lowest BCUT2D eigenvalue weighted by molar-refractivity contribution is -0.120. The molecule has 2 heterocycles. The molecule has 1 saturated heterocycles. The van der Waals surface area contributed by atoms with E-state index in [0.29, 0.717) is 29.1 Å². The Morgan fingerprint density at radius 3 is 2.65 bits per heavy atom. The Bertz CT molecular complexity index is 1200. The van der Waals surface area contributed by atoms with Gasteiger partial charge in [-0.05, 0) is 49.6 Å². The van der Waals surface area contributed by atoms with Crippen LogP contribution in [0.5, 0.6) is 0 Å². The number of nitrogens with one attached hydrogen (secondary N) is 1. The largest absolute Gasteiger partial charge is 0.325 e. The van der Waals surface area contributed by atoms with E-state index >= 15 is 0 Å². The highest BCUT2D eigenvalue weighted by molar-refractivity contribution is 7.89. The molecule has 1 fully saturated rings. The van der Waals surface area contributed by atoms with Gasteiger partial charge in [-0.2, -0.15) is 4.31 Å². The summed E-state index contributed by atoms with van der Waals surface area (Å²) in [5.74, 6) is -0.404. The van der Waals surface area contributed by atoms with Gasteiger partial charge in [-0.15, -0.1) is 5.10 Å². The minimum absolute atomic E-state index is 0.140. The molecule has 164 valence electrons. The molecule has 0 atom stereocenters. The second-order valence-corrected chi connectivity index (χ2v) is 9.96. The highest BCUT2D eigenvalue weighted by Crippen LogP contribution is 2.27. The molecule has 2 aromatic carbocycles. The van der Waals surface area contributed by atoms with E-state index in [4.69, 9.17) is 11.6 Å². The average molecular weight is 462 g/mol. The number of aryl methyl sites for hydroxylation is 1. The molecule has 0 spiro atoms. The minimum atomic E-state index is -3.67. The smallest absolute Gasteiger partial charge is 0.243 e. The van der Waals surface area contributed by atoms with E-state index in [2.05, 4.69) is 15.6 Å².